The van der Waals surface area contributed by atoms with Gasteiger partial charge in [-0.25, -0.2) is 0 Å². The van der Waals surface area contributed by atoms with E-state index >= 15 is 0 Å². The van der Waals surface area contributed by atoms with E-state index in [1.165, 1.54) is 12.1 Å². The van der Waals surface area contributed by atoms with E-state index in [1.807, 2.05) is 55.6 Å². The topological polar surface area (TPSA) is 72.7 Å². The van der Waals surface area contributed by atoms with Crippen LogP contribution in [0.5, 0.6) is 17.2 Å². The number of para-hydroxylation sites is 1. The van der Waals surface area contributed by atoms with Crippen LogP contribution in [0.4, 0.5) is 5.69 Å². The van der Waals surface area contributed by atoms with Gasteiger partial charge in [0.1, 0.15) is 0 Å². The summed E-state index contributed by atoms with van der Waals surface area (Å²) < 4.78 is 0. The third-order valence-electron chi connectivity index (χ3n) is 4.11. The van der Waals surface area contributed by atoms with Gasteiger partial charge in [0.05, 0.1) is 0 Å². The zero-order valence-electron chi connectivity index (χ0n) is 13.8. The minimum Gasteiger partial charge on any atom is -0.504 e. The van der Waals surface area contributed by atoms with E-state index in [4.69, 9.17) is 0 Å². The lowest BCUT2D eigenvalue weighted by atomic mass is 9.93. The van der Waals surface area contributed by atoms with Gasteiger partial charge in [0.25, 0.3) is 0 Å². The van der Waals surface area contributed by atoms with Crippen LogP contribution < -0.4 is 15.8 Å². The second kappa shape index (κ2) is 6.61. The van der Waals surface area contributed by atoms with Crippen molar-refractivity contribution < 1.29 is 15.3 Å². The molecule has 0 radical (unpaired) electrons. The van der Waals surface area contributed by atoms with Crippen LogP contribution in [0.2, 0.25) is 0 Å². The van der Waals surface area contributed by atoms with Gasteiger partial charge in [-0.2, -0.15) is 0 Å². The average molecular weight is 333 g/mol. The molecule has 0 spiro atoms. The van der Waals surface area contributed by atoms with Crippen molar-refractivity contribution in [2.75, 3.05) is 12.4 Å². The van der Waals surface area contributed by atoms with Crippen LogP contribution in [-0.4, -0.2) is 22.4 Å². The van der Waals surface area contributed by atoms with Gasteiger partial charge in [-0.05, 0) is 39.8 Å². The second-order valence-electron chi connectivity index (χ2n) is 5.69. The number of aromatic hydroxyl groups is 3. The average Bonchev–Trinajstić information content (AvgIpc) is 2.62. The first-order chi connectivity index (χ1) is 12.0. The molecule has 4 nitrogen and oxygen atoms in total. The molecular formula is C21H19NO3. The number of phenolic OH excluding ortho intramolecular Hbond substituents is 3. The third kappa shape index (κ3) is 3.02. The van der Waals surface area contributed by atoms with Crippen LogP contribution in [0, 0.1) is 0 Å². The molecule has 0 heterocycles. The first-order valence-corrected chi connectivity index (χ1v) is 7.83. The predicted molar refractivity (Wildman–Crippen MR) is 100 cm³/mol. The van der Waals surface area contributed by atoms with E-state index in [0.29, 0.717) is 5.56 Å². The third-order valence-corrected chi connectivity index (χ3v) is 4.11. The van der Waals surface area contributed by atoms with Gasteiger partial charge in [0.15, 0.2) is 17.2 Å². The van der Waals surface area contributed by atoms with Crippen LogP contribution in [0.1, 0.15) is 11.1 Å². The summed E-state index contributed by atoms with van der Waals surface area (Å²) in [5.74, 6) is -1.29. The maximum atomic E-state index is 9.96. The van der Waals surface area contributed by atoms with Crippen molar-refractivity contribution in [2.24, 2.45) is 0 Å². The summed E-state index contributed by atoms with van der Waals surface area (Å²) in [4.78, 5) is 0. The van der Waals surface area contributed by atoms with Crippen molar-refractivity contribution in [3.63, 3.8) is 0 Å². The molecular weight excluding hydrogens is 314 g/mol. The Labute approximate surface area is 145 Å². The Kier molecular flexibility index (Phi) is 4.35. The molecule has 0 saturated heterocycles. The number of benzene rings is 3. The van der Waals surface area contributed by atoms with Crippen molar-refractivity contribution in [1.29, 1.82) is 0 Å². The second-order valence-corrected chi connectivity index (χ2v) is 5.69. The molecule has 0 bridgehead atoms. The first kappa shape index (κ1) is 16.5. The lowest BCUT2D eigenvalue weighted by Crippen LogP contribution is -2.26. The number of nitrogens with one attached hydrogen (secondary N) is 1. The molecule has 0 aliphatic rings. The zero-order chi connectivity index (χ0) is 18.0. The zero-order valence-corrected chi connectivity index (χ0v) is 13.8. The highest BCUT2D eigenvalue weighted by Gasteiger charge is 2.15. The van der Waals surface area contributed by atoms with E-state index in [-0.39, 0.29) is 11.5 Å². The molecule has 0 aliphatic heterocycles. The molecule has 0 amide bonds. The molecule has 0 unspecified atom stereocenters. The Morgan fingerprint density at radius 1 is 0.880 bits per heavy atom. The Bertz CT molecular complexity index is 1020. The largest absolute Gasteiger partial charge is 0.504 e. The van der Waals surface area contributed by atoms with Gasteiger partial charge in [0, 0.05) is 18.3 Å². The Balaban J connectivity index is 2.47. The minimum atomic E-state index is -0.534. The summed E-state index contributed by atoms with van der Waals surface area (Å²) in [5, 5.41) is 34.5. The molecule has 0 aliphatic carbocycles. The number of hydrogen-bond acceptors (Lipinski definition) is 4. The van der Waals surface area contributed by atoms with E-state index in [1.54, 1.807) is 0 Å². The maximum Gasteiger partial charge on any atom is 0.200 e. The van der Waals surface area contributed by atoms with Crippen molar-refractivity contribution in [3.8, 4) is 17.2 Å². The van der Waals surface area contributed by atoms with Gasteiger partial charge in [-0.15, -0.1) is 0 Å². The van der Waals surface area contributed by atoms with Crippen molar-refractivity contribution in [3.05, 3.63) is 82.2 Å². The van der Waals surface area contributed by atoms with Gasteiger partial charge in [-0.3, -0.25) is 0 Å². The smallest absolute Gasteiger partial charge is 0.200 e. The molecule has 0 fully saturated rings. The normalized spacial score (nSPS) is 11.9. The molecule has 4 N–H and O–H groups in total. The number of rotatable bonds is 3. The molecule has 3 aromatic rings. The van der Waals surface area contributed by atoms with Crippen LogP contribution in [0.25, 0.3) is 12.2 Å². The van der Waals surface area contributed by atoms with Crippen LogP contribution in [0.15, 0.2) is 60.7 Å². The van der Waals surface area contributed by atoms with Crippen molar-refractivity contribution in [1.82, 2.24) is 0 Å². The molecule has 0 aromatic heterocycles. The Morgan fingerprint density at radius 3 is 2.12 bits per heavy atom. The summed E-state index contributed by atoms with van der Waals surface area (Å²) in [7, 11) is 1.83. The number of phenols is 3. The van der Waals surface area contributed by atoms with E-state index < -0.39 is 5.75 Å². The summed E-state index contributed by atoms with van der Waals surface area (Å²) in [6, 6.07) is 18.3. The summed E-state index contributed by atoms with van der Waals surface area (Å²) in [5.41, 5.74) is 3.16. The lowest BCUT2D eigenvalue weighted by Gasteiger charge is -2.15. The molecule has 0 saturated carbocycles. The molecule has 25 heavy (non-hydrogen) atoms. The maximum absolute atomic E-state index is 9.96. The van der Waals surface area contributed by atoms with Gasteiger partial charge >= 0.3 is 0 Å². The van der Waals surface area contributed by atoms with Crippen molar-refractivity contribution in [2.45, 2.75) is 0 Å². The van der Waals surface area contributed by atoms with E-state index in [2.05, 4.69) is 11.9 Å². The first-order valence-electron chi connectivity index (χ1n) is 7.83. The Hall–Kier alpha value is -3.40. The van der Waals surface area contributed by atoms with Crippen LogP contribution >= 0.6 is 0 Å². The molecule has 126 valence electrons. The quantitative estimate of drug-likeness (QED) is 0.556. The summed E-state index contributed by atoms with van der Waals surface area (Å²) in [6.45, 7) is 4.09. The highest BCUT2D eigenvalue weighted by Crippen LogP contribution is 2.39. The fourth-order valence-corrected chi connectivity index (χ4v) is 2.89. The minimum absolute atomic E-state index is 0.379. The number of anilines is 1. The summed E-state index contributed by atoms with van der Waals surface area (Å²) in [6.07, 6.45) is 0. The fraction of sp³-hybridized carbons (Fsp3) is 0.0476. The molecule has 3 rings (SSSR count). The monoisotopic (exact) mass is 333 g/mol. The highest BCUT2D eigenvalue weighted by atomic mass is 16.3. The van der Waals surface area contributed by atoms with Gasteiger partial charge in [0.2, 0.25) is 0 Å². The lowest BCUT2D eigenvalue weighted by molar-refractivity contribution is 0.367. The highest BCUT2D eigenvalue weighted by molar-refractivity contribution is 5.87. The summed E-state index contributed by atoms with van der Waals surface area (Å²) >= 11 is 0. The predicted octanol–water partition coefficient (Wildman–Crippen LogP) is 2.50. The molecule has 3 aromatic carbocycles. The van der Waals surface area contributed by atoms with Gasteiger partial charge < -0.3 is 20.6 Å². The van der Waals surface area contributed by atoms with Gasteiger partial charge in [-0.1, -0.05) is 49.0 Å². The molecule has 0 atom stereocenters. The Morgan fingerprint density at radius 2 is 1.48 bits per heavy atom. The van der Waals surface area contributed by atoms with E-state index in [0.717, 1.165) is 27.3 Å². The van der Waals surface area contributed by atoms with Crippen LogP contribution in [-0.2, 0) is 0 Å². The number of hydrogen-bond donors (Lipinski definition) is 4. The van der Waals surface area contributed by atoms with Crippen molar-refractivity contribution >= 4 is 17.8 Å². The fourth-order valence-electron chi connectivity index (χ4n) is 2.89. The standard InChI is InChI=1S/C21H19NO3/c1-13-7-3-4-8-15(13)20(16-9-5-6-10-17(16)22-2)14-11-18(23)21(25)19(24)12-14/h3-12,22-25H,1H2,2H3. The van der Waals surface area contributed by atoms with E-state index in [9.17, 15) is 15.3 Å². The van der Waals surface area contributed by atoms with Crippen LogP contribution in [0.3, 0.4) is 0 Å². The molecule has 4 heteroatoms. The SMILES string of the molecule is C=c1ccccc1=C(c1cc(O)c(O)c(O)c1)c1ccccc1NC.